The molecule has 2 aromatic rings. The Morgan fingerprint density at radius 1 is 1.25 bits per heavy atom. The van der Waals surface area contributed by atoms with Crippen molar-refractivity contribution >= 4 is 29.0 Å². The summed E-state index contributed by atoms with van der Waals surface area (Å²) in [6.45, 7) is 4.17. The van der Waals surface area contributed by atoms with Crippen LogP contribution in [0.15, 0.2) is 24.5 Å². The molecule has 104 valence electrons. The zero-order valence-electron chi connectivity index (χ0n) is 11.3. The topological polar surface area (TPSA) is 34.9 Å². The monoisotopic (exact) mass is 308 g/mol. The number of hydrogen-bond donors (Lipinski definition) is 0. The van der Waals surface area contributed by atoms with Gasteiger partial charge in [-0.25, -0.2) is 4.98 Å². The summed E-state index contributed by atoms with van der Waals surface area (Å²) < 4.78 is 1.77. The van der Waals surface area contributed by atoms with Crippen LogP contribution < -0.4 is 0 Å². The van der Waals surface area contributed by atoms with Crippen LogP contribution in [0.4, 0.5) is 0 Å². The molecule has 1 aromatic carbocycles. The molecule has 1 aromatic heterocycles. The standard InChI is InChI=1S/C15H14Cl2N2O/c1-15(2)6-11-14(13(20)7-15)19(8-18-11)12-4-3-9(16)5-10(12)17/h3-5,8H,6-7H2,1-2H3. The summed E-state index contributed by atoms with van der Waals surface area (Å²) in [6.07, 6.45) is 2.99. The molecule has 1 aliphatic rings. The zero-order valence-corrected chi connectivity index (χ0v) is 12.8. The Hall–Kier alpha value is -1.32. The highest BCUT2D eigenvalue weighted by Crippen LogP contribution is 2.36. The van der Waals surface area contributed by atoms with E-state index in [1.54, 1.807) is 29.1 Å². The van der Waals surface area contributed by atoms with Crippen LogP contribution in [-0.4, -0.2) is 15.3 Å². The lowest BCUT2D eigenvalue weighted by Gasteiger charge is -2.28. The summed E-state index contributed by atoms with van der Waals surface area (Å²) in [5.41, 5.74) is 2.19. The highest BCUT2D eigenvalue weighted by Gasteiger charge is 2.34. The Bertz CT molecular complexity index is 704. The summed E-state index contributed by atoms with van der Waals surface area (Å²) in [4.78, 5) is 16.8. The molecular formula is C15H14Cl2N2O. The van der Waals surface area contributed by atoms with Gasteiger partial charge in [0, 0.05) is 11.4 Å². The van der Waals surface area contributed by atoms with E-state index in [1.807, 2.05) is 0 Å². The fourth-order valence-electron chi connectivity index (χ4n) is 2.70. The molecule has 0 radical (unpaired) electrons. The average molecular weight is 309 g/mol. The number of rotatable bonds is 1. The number of fused-ring (bicyclic) bond motifs is 1. The minimum Gasteiger partial charge on any atom is -0.294 e. The van der Waals surface area contributed by atoms with Crippen molar-refractivity contribution in [2.45, 2.75) is 26.7 Å². The van der Waals surface area contributed by atoms with E-state index in [2.05, 4.69) is 18.8 Å². The fraction of sp³-hybridized carbons (Fsp3) is 0.333. The number of benzene rings is 1. The third-order valence-corrected chi connectivity index (χ3v) is 4.10. The second kappa shape index (κ2) is 4.61. The third kappa shape index (κ3) is 2.25. The molecule has 1 heterocycles. The molecule has 3 nitrogen and oxygen atoms in total. The molecule has 0 saturated carbocycles. The van der Waals surface area contributed by atoms with E-state index >= 15 is 0 Å². The zero-order chi connectivity index (χ0) is 14.5. The Labute approximate surface area is 127 Å². The molecule has 0 amide bonds. The van der Waals surface area contributed by atoms with Gasteiger partial charge in [0.25, 0.3) is 0 Å². The quantitative estimate of drug-likeness (QED) is 0.785. The van der Waals surface area contributed by atoms with E-state index < -0.39 is 0 Å². The lowest BCUT2D eigenvalue weighted by molar-refractivity contribution is 0.0904. The van der Waals surface area contributed by atoms with Crippen LogP contribution in [0.3, 0.4) is 0 Å². The number of halogens is 2. The number of aromatic nitrogens is 2. The van der Waals surface area contributed by atoms with E-state index in [0.29, 0.717) is 22.2 Å². The van der Waals surface area contributed by atoms with Crippen LogP contribution in [-0.2, 0) is 6.42 Å². The van der Waals surface area contributed by atoms with Crippen LogP contribution in [0.5, 0.6) is 0 Å². The Balaban J connectivity index is 2.14. The van der Waals surface area contributed by atoms with Gasteiger partial charge in [-0.3, -0.25) is 9.36 Å². The van der Waals surface area contributed by atoms with Crippen molar-refractivity contribution in [3.05, 3.63) is 46.0 Å². The molecular weight excluding hydrogens is 295 g/mol. The van der Waals surface area contributed by atoms with Crippen molar-refractivity contribution in [2.75, 3.05) is 0 Å². The summed E-state index contributed by atoms with van der Waals surface area (Å²) in [5.74, 6) is 0.111. The van der Waals surface area contributed by atoms with Gasteiger partial charge in [0.15, 0.2) is 5.78 Å². The first-order valence-corrected chi connectivity index (χ1v) is 7.18. The van der Waals surface area contributed by atoms with Crippen LogP contribution in [0.25, 0.3) is 5.69 Å². The predicted octanol–water partition coefficient (Wildman–Crippen LogP) is 4.33. The van der Waals surface area contributed by atoms with E-state index in [0.717, 1.165) is 17.8 Å². The molecule has 0 atom stereocenters. The average Bonchev–Trinajstić information content (AvgIpc) is 2.71. The van der Waals surface area contributed by atoms with Crippen LogP contribution in [0, 0.1) is 5.41 Å². The van der Waals surface area contributed by atoms with Gasteiger partial charge in [-0.15, -0.1) is 0 Å². The molecule has 0 unspecified atom stereocenters. The summed E-state index contributed by atoms with van der Waals surface area (Å²) in [6, 6.07) is 5.23. The van der Waals surface area contributed by atoms with E-state index in [-0.39, 0.29) is 11.2 Å². The number of hydrogen-bond acceptors (Lipinski definition) is 2. The van der Waals surface area contributed by atoms with Crippen LogP contribution in [0.2, 0.25) is 10.0 Å². The van der Waals surface area contributed by atoms with Gasteiger partial charge >= 0.3 is 0 Å². The summed E-state index contributed by atoms with van der Waals surface area (Å²) in [5, 5.41) is 1.08. The van der Waals surface area contributed by atoms with Gasteiger partial charge in [0.2, 0.25) is 0 Å². The molecule has 20 heavy (non-hydrogen) atoms. The maximum absolute atomic E-state index is 12.4. The molecule has 0 spiro atoms. The van der Waals surface area contributed by atoms with Crippen molar-refractivity contribution in [1.29, 1.82) is 0 Å². The molecule has 5 heteroatoms. The third-order valence-electron chi connectivity index (χ3n) is 3.56. The SMILES string of the molecule is CC1(C)CC(=O)c2c(ncn2-c2ccc(Cl)cc2Cl)C1. The van der Waals surface area contributed by atoms with Gasteiger partial charge in [-0.1, -0.05) is 37.0 Å². The lowest BCUT2D eigenvalue weighted by atomic mass is 9.77. The largest absolute Gasteiger partial charge is 0.294 e. The first kappa shape index (κ1) is 13.7. The van der Waals surface area contributed by atoms with Crippen LogP contribution in [0.1, 0.15) is 36.5 Å². The van der Waals surface area contributed by atoms with Gasteiger partial charge in [-0.05, 0) is 30.0 Å². The predicted molar refractivity (Wildman–Crippen MR) is 80.0 cm³/mol. The molecule has 0 fully saturated rings. The van der Waals surface area contributed by atoms with Gasteiger partial charge in [0.1, 0.15) is 12.0 Å². The number of Topliss-reactive ketones (excluding diaryl/α,β-unsaturated/α-hetero) is 1. The highest BCUT2D eigenvalue weighted by molar-refractivity contribution is 6.35. The van der Waals surface area contributed by atoms with Gasteiger partial charge < -0.3 is 0 Å². The van der Waals surface area contributed by atoms with E-state index in [9.17, 15) is 4.79 Å². The molecule has 0 saturated heterocycles. The van der Waals surface area contributed by atoms with E-state index in [4.69, 9.17) is 23.2 Å². The van der Waals surface area contributed by atoms with Crippen molar-refractivity contribution in [1.82, 2.24) is 9.55 Å². The smallest absolute Gasteiger partial charge is 0.182 e. The first-order chi connectivity index (χ1) is 9.37. The lowest BCUT2D eigenvalue weighted by Crippen LogP contribution is -2.28. The number of ketones is 1. The Morgan fingerprint density at radius 2 is 2.00 bits per heavy atom. The maximum atomic E-state index is 12.4. The maximum Gasteiger partial charge on any atom is 0.182 e. The minimum absolute atomic E-state index is 0.0347. The Kier molecular flexibility index (Phi) is 3.14. The number of carbonyl (C=O) groups excluding carboxylic acids is 1. The molecule has 0 aliphatic heterocycles. The van der Waals surface area contributed by atoms with Crippen molar-refractivity contribution in [3.63, 3.8) is 0 Å². The number of nitrogens with zero attached hydrogens (tertiary/aromatic N) is 2. The second-order valence-electron chi connectivity index (χ2n) is 5.95. The van der Waals surface area contributed by atoms with E-state index in [1.165, 1.54) is 0 Å². The Morgan fingerprint density at radius 3 is 2.70 bits per heavy atom. The molecule has 0 N–H and O–H groups in total. The minimum atomic E-state index is -0.0347. The second-order valence-corrected chi connectivity index (χ2v) is 6.79. The summed E-state index contributed by atoms with van der Waals surface area (Å²) in [7, 11) is 0. The van der Waals surface area contributed by atoms with Crippen LogP contribution >= 0.6 is 23.2 Å². The fourth-order valence-corrected chi connectivity index (χ4v) is 3.20. The van der Waals surface area contributed by atoms with Gasteiger partial charge in [0.05, 0.1) is 16.4 Å². The first-order valence-electron chi connectivity index (χ1n) is 6.42. The number of imidazole rings is 1. The molecule has 1 aliphatic carbocycles. The highest BCUT2D eigenvalue weighted by atomic mass is 35.5. The van der Waals surface area contributed by atoms with Crippen molar-refractivity contribution < 1.29 is 4.79 Å². The van der Waals surface area contributed by atoms with Crippen molar-refractivity contribution in [2.24, 2.45) is 5.41 Å². The number of carbonyl (C=O) groups is 1. The van der Waals surface area contributed by atoms with Crippen molar-refractivity contribution in [3.8, 4) is 5.69 Å². The van der Waals surface area contributed by atoms with Gasteiger partial charge in [-0.2, -0.15) is 0 Å². The molecule has 3 rings (SSSR count). The normalized spacial score (nSPS) is 17.1. The summed E-state index contributed by atoms with van der Waals surface area (Å²) >= 11 is 12.1. The molecule has 0 bridgehead atoms.